The predicted octanol–water partition coefficient (Wildman–Crippen LogP) is 1.46. The lowest BCUT2D eigenvalue weighted by Gasteiger charge is -2.10. The molecule has 0 aromatic heterocycles. The van der Waals surface area contributed by atoms with Gasteiger partial charge in [-0.2, -0.15) is 0 Å². The summed E-state index contributed by atoms with van der Waals surface area (Å²) in [7, 11) is 3.21. The first-order valence-electron chi connectivity index (χ1n) is 5.75. The Bertz CT molecular complexity index is 546. The molecule has 0 atom stereocenters. The molecular formula is C12H14ClN3O4. The number of amides is 2. The van der Waals surface area contributed by atoms with Crippen molar-refractivity contribution in [2.45, 2.75) is 6.42 Å². The Kier molecular flexibility index (Phi) is 5.45. The quantitative estimate of drug-likeness (QED) is 0.658. The van der Waals surface area contributed by atoms with E-state index in [1.807, 2.05) is 0 Å². The monoisotopic (exact) mass is 299 g/mol. The zero-order chi connectivity index (χ0) is 15.3. The van der Waals surface area contributed by atoms with E-state index in [2.05, 4.69) is 5.32 Å². The number of carbonyl (C=O) groups is 2. The minimum Gasteiger partial charge on any atom is -0.351 e. The van der Waals surface area contributed by atoms with Gasteiger partial charge < -0.3 is 10.2 Å². The Morgan fingerprint density at radius 1 is 1.40 bits per heavy atom. The van der Waals surface area contributed by atoms with E-state index in [1.165, 1.54) is 23.1 Å². The third-order valence-corrected chi connectivity index (χ3v) is 2.76. The number of hydrogen-bond donors (Lipinski definition) is 1. The van der Waals surface area contributed by atoms with Gasteiger partial charge in [-0.3, -0.25) is 19.7 Å². The number of hydrogen-bond acceptors (Lipinski definition) is 4. The van der Waals surface area contributed by atoms with E-state index in [9.17, 15) is 19.7 Å². The van der Waals surface area contributed by atoms with Crippen molar-refractivity contribution >= 4 is 29.1 Å². The summed E-state index contributed by atoms with van der Waals surface area (Å²) in [5.74, 6) is -0.781. The molecular weight excluding hydrogens is 286 g/mol. The molecule has 0 bridgehead atoms. The first-order chi connectivity index (χ1) is 9.32. The Morgan fingerprint density at radius 2 is 2.05 bits per heavy atom. The van der Waals surface area contributed by atoms with Gasteiger partial charge in [0.25, 0.3) is 11.6 Å². The van der Waals surface area contributed by atoms with Crippen LogP contribution in [0.25, 0.3) is 0 Å². The van der Waals surface area contributed by atoms with Crippen molar-refractivity contribution in [3.63, 3.8) is 0 Å². The molecule has 0 radical (unpaired) electrons. The van der Waals surface area contributed by atoms with Crippen LogP contribution in [0.5, 0.6) is 0 Å². The molecule has 0 aliphatic carbocycles. The van der Waals surface area contributed by atoms with Gasteiger partial charge in [0.1, 0.15) is 5.56 Å². The summed E-state index contributed by atoms with van der Waals surface area (Å²) < 4.78 is 0. The average molecular weight is 300 g/mol. The molecule has 0 spiro atoms. The van der Waals surface area contributed by atoms with E-state index in [-0.39, 0.29) is 35.1 Å². The first-order valence-corrected chi connectivity index (χ1v) is 6.13. The second-order valence-corrected chi connectivity index (χ2v) is 4.65. The molecule has 0 aliphatic heterocycles. The van der Waals surface area contributed by atoms with Gasteiger partial charge in [-0.25, -0.2) is 0 Å². The standard InChI is InChI=1S/C12H14ClN3O4/c1-15(2)11(17)5-6-14-12(18)9-7-8(13)3-4-10(9)16(19)20/h3-4,7H,5-6H2,1-2H3,(H,14,18). The number of nitro groups is 1. The molecule has 0 fully saturated rings. The van der Waals surface area contributed by atoms with Crippen LogP contribution in [0.2, 0.25) is 5.02 Å². The van der Waals surface area contributed by atoms with Gasteiger partial charge in [-0.15, -0.1) is 0 Å². The Morgan fingerprint density at radius 3 is 2.60 bits per heavy atom. The summed E-state index contributed by atoms with van der Waals surface area (Å²) in [6.45, 7) is 0.0967. The third-order valence-electron chi connectivity index (χ3n) is 2.52. The van der Waals surface area contributed by atoms with Crippen LogP contribution in [0.4, 0.5) is 5.69 Å². The number of benzene rings is 1. The third kappa shape index (κ3) is 4.20. The Balaban J connectivity index is 2.75. The fraction of sp³-hybridized carbons (Fsp3) is 0.333. The molecule has 7 nitrogen and oxygen atoms in total. The first kappa shape index (κ1) is 15.9. The van der Waals surface area contributed by atoms with Crippen molar-refractivity contribution in [2.75, 3.05) is 20.6 Å². The number of rotatable bonds is 5. The zero-order valence-electron chi connectivity index (χ0n) is 11.1. The summed E-state index contributed by atoms with van der Waals surface area (Å²) >= 11 is 5.73. The molecule has 0 unspecified atom stereocenters. The molecule has 1 N–H and O–H groups in total. The molecule has 108 valence electrons. The Labute approximate surface area is 120 Å². The molecule has 1 aromatic carbocycles. The van der Waals surface area contributed by atoms with Crippen LogP contribution in [0.15, 0.2) is 18.2 Å². The van der Waals surface area contributed by atoms with Crippen LogP contribution < -0.4 is 5.32 Å². The van der Waals surface area contributed by atoms with Crippen molar-refractivity contribution in [2.24, 2.45) is 0 Å². The number of nitrogens with zero attached hydrogens (tertiary/aromatic N) is 2. The number of nitrogens with one attached hydrogen (secondary N) is 1. The predicted molar refractivity (Wildman–Crippen MR) is 73.8 cm³/mol. The van der Waals surface area contributed by atoms with E-state index in [0.29, 0.717) is 0 Å². The average Bonchev–Trinajstić information content (AvgIpc) is 2.37. The highest BCUT2D eigenvalue weighted by atomic mass is 35.5. The number of halogens is 1. The zero-order valence-corrected chi connectivity index (χ0v) is 11.8. The smallest absolute Gasteiger partial charge is 0.282 e. The van der Waals surface area contributed by atoms with Crippen molar-refractivity contribution in [1.82, 2.24) is 10.2 Å². The summed E-state index contributed by atoms with van der Waals surface area (Å²) in [6, 6.07) is 3.73. The van der Waals surface area contributed by atoms with E-state index in [4.69, 9.17) is 11.6 Å². The van der Waals surface area contributed by atoms with Crippen LogP contribution in [-0.4, -0.2) is 42.3 Å². The van der Waals surface area contributed by atoms with Gasteiger partial charge in [-0.05, 0) is 12.1 Å². The van der Waals surface area contributed by atoms with E-state index in [1.54, 1.807) is 14.1 Å². The molecule has 8 heteroatoms. The minimum absolute atomic E-state index is 0.0967. The SMILES string of the molecule is CN(C)C(=O)CCNC(=O)c1cc(Cl)ccc1[N+](=O)[O-]. The Hall–Kier alpha value is -2.15. The van der Waals surface area contributed by atoms with Crippen LogP contribution in [-0.2, 0) is 4.79 Å². The van der Waals surface area contributed by atoms with Crippen molar-refractivity contribution in [3.05, 3.63) is 38.9 Å². The highest BCUT2D eigenvalue weighted by molar-refractivity contribution is 6.31. The molecule has 2 amide bonds. The van der Waals surface area contributed by atoms with Crippen LogP contribution >= 0.6 is 11.6 Å². The van der Waals surface area contributed by atoms with E-state index < -0.39 is 10.8 Å². The van der Waals surface area contributed by atoms with Crippen molar-refractivity contribution < 1.29 is 14.5 Å². The van der Waals surface area contributed by atoms with Crippen molar-refractivity contribution in [1.29, 1.82) is 0 Å². The molecule has 0 saturated carbocycles. The largest absolute Gasteiger partial charge is 0.351 e. The lowest BCUT2D eigenvalue weighted by molar-refractivity contribution is -0.385. The highest BCUT2D eigenvalue weighted by Gasteiger charge is 2.20. The molecule has 1 aromatic rings. The molecule has 0 heterocycles. The van der Waals surface area contributed by atoms with Gasteiger partial charge in [0.15, 0.2) is 0 Å². The molecule has 20 heavy (non-hydrogen) atoms. The van der Waals surface area contributed by atoms with Crippen molar-refractivity contribution in [3.8, 4) is 0 Å². The van der Waals surface area contributed by atoms with Gasteiger partial charge >= 0.3 is 0 Å². The summed E-state index contributed by atoms with van der Waals surface area (Å²) in [5, 5.41) is 13.5. The second-order valence-electron chi connectivity index (χ2n) is 4.21. The topological polar surface area (TPSA) is 92.6 Å². The fourth-order valence-electron chi connectivity index (χ4n) is 1.45. The lowest BCUT2D eigenvalue weighted by Crippen LogP contribution is -2.30. The molecule has 1 rings (SSSR count). The van der Waals surface area contributed by atoms with E-state index >= 15 is 0 Å². The maximum absolute atomic E-state index is 11.9. The summed E-state index contributed by atoms with van der Waals surface area (Å²) in [6.07, 6.45) is 0.118. The summed E-state index contributed by atoms with van der Waals surface area (Å²) in [4.78, 5) is 34.8. The second kappa shape index (κ2) is 6.85. The van der Waals surface area contributed by atoms with Gasteiger partial charge in [0, 0.05) is 38.1 Å². The highest BCUT2D eigenvalue weighted by Crippen LogP contribution is 2.22. The maximum atomic E-state index is 11.9. The lowest BCUT2D eigenvalue weighted by atomic mass is 10.1. The number of nitro benzene ring substituents is 1. The fourth-order valence-corrected chi connectivity index (χ4v) is 1.62. The molecule has 0 saturated heterocycles. The van der Waals surface area contributed by atoms with Gasteiger partial charge in [-0.1, -0.05) is 11.6 Å². The summed E-state index contributed by atoms with van der Waals surface area (Å²) in [5.41, 5.74) is -0.453. The van der Waals surface area contributed by atoms with Crippen LogP contribution in [0.1, 0.15) is 16.8 Å². The van der Waals surface area contributed by atoms with E-state index in [0.717, 1.165) is 0 Å². The maximum Gasteiger partial charge on any atom is 0.282 e. The minimum atomic E-state index is -0.657. The van der Waals surface area contributed by atoms with Gasteiger partial charge in [0.2, 0.25) is 5.91 Å². The normalized spacial score (nSPS) is 9.95. The van der Waals surface area contributed by atoms with Gasteiger partial charge in [0.05, 0.1) is 4.92 Å². The number of carbonyl (C=O) groups excluding carboxylic acids is 2. The van der Waals surface area contributed by atoms with Crippen LogP contribution in [0, 0.1) is 10.1 Å². The molecule has 0 aliphatic rings. The van der Waals surface area contributed by atoms with Crippen LogP contribution in [0.3, 0.4) is 0 Å².